The zero-order valence-electron chi connectivity index (χ0n) is 8.98. The van der Waals surface area contributed by atoms with Crippen LogP contribution in [0.1, 0.15) is 30.3 Å². The molecule has 0 aliphatic heterocycles. The molecule has 1 unspecified atom stereocenters. The normalized spacial score (nSPS) is 12.2. The summed E-state index contributed by atoms with van der Waals surface area (Å²) in [6, 6.07) is -0.0463. The van der Waals surface area contributed by atoms with Crippen LogP contribution in [0.4, 0.5) is 0 Å². The molecule has 0 aliphatic rings. The molecule has 0 aromatic carbocycles. The molecular formula is C10H14ClN3O2. The Morgan fingerprint density at radius 1 is 1.56 bits per heavy atom. The van der Waals surface area contributed by atoms with Crippen molar-refractivity contribution in [2.75, 3.05) is 6.61 Å². The lowest BCUT2D eigenvalue weighted by molar-refractivity contribution is 0.0923. The first kappa shape index (κ1) is 12.9. The van der Waals surface area contributed by atoms with Gasteiger partial charge in [-0.25, -0.2) is 9.97 Å². The average molecular weight is 244 g/mol. The first-order valence-corrected chi connectivity index (χ1v) is 5.44. The zero-order chi connectivity index (χ0) is 12.0. The molecule has 1 amide bonds. The van der Waals surface area contributed by atoms with E-state index in [4.69, 9.17) is 16.7 Å². The molecule has 0 spiro atoms. The topological polar surface area (TPSA) is 75.1 Å². The van der Waals surface area contributed by atoms with Crippen molar-refractivity contribution in [3.05, 3.63) is 23.2 Å². The molecule has 0 radical (unpaired) electrons. The van der Waals surface area contributed by atoms with Crippen molar-refractivity contribution in [2.45, 2.75) is 25.8 Å². The van der Waals surface area contributed by atoms with Crippen molar-refractivity contribution in [3.63, 3.8) is 0 Å². The third-order valence-corrected chi connectivity index (χ3v) is 2.35. The van der Waals surface area contributed by atoms with Crippen molar-refractivity contribution in [2.24, 2.45) is 0 Å². The summed E-state index contributed by atoms with van der Waals surface area (Å²) in [4.78, 5) is 19.3. The molecule has 1 aromatic rings. The van der Waals surface area contributed by atoms with Gasteiger partial charge >= 0.3 is 0 Å². The van der Waals surface area contributed by atoms with Gasteiger partial charge < -0.3 is 10.4 Å². The molecule has 0 aliphatic carbocycles. The maximum absolute atomic E-state index is 11.7. The quantitative estimate of drug-likeness (QED) is 0.810. The van der Waals surface area contributed by atoms with Gasteiger partial charge in [-0.15, -0.1) is 0 Å². The number of hydrogen-bond donors (Lipinski definition) is 2. The summed E-state index contributed by atoms with van der Waals surface area (Å²) in [5.41, 5.74) is 0.223. The van der Waals surface area contributed by atoms with Crippen LogP contribution in [0.2, 0.25) is 5.15 Å². The van der Waals surface area contributed by atoms with Crippen LogP contribution in [0.15, 0.2) is 12.4 Å². The summed E-state index contributed by atoms with van der Waals surface area (Å²) in [6.45, 7) is 1.99. The molecule has 1 heterocycles. The minimum atomic E-state index is -0.301. The Kier molecular flexibility index (Phi) is 5.14. The van der Waals surface area contributed by atoms with Gasteiger partial charge in [0.05, 0.1) is 12.4 Å². The summed E-state index contributed by atoms with van der Waals surface area (Å²) in [5, 5.41) is 11.8. The fraction of sp³-hybridized carbons (Fsp3) is 0.500. The summed E-state index contributed by atoms with van der Waals surface area (Å²) in [6.07, 6.45) is 3.93. The Balaban J connectivity index is 2.60. The Labute approximate surface area is 98.9 Å². The van der Waals surface area contributed by atoms with E-state index in [0.717, 1.165) is 6.42 Å². The number of aliphatic hydroxyl groups excluding tert-OH is 1. The number of rotatable bonds is 5. The van der Waals surface area contributed by atoms with Crippen LogP contribution >= 0.6 is 11.6 Å². The fourth-order valence-electron chi connectivity index (χ4n) is 1.22. The smallest absolute Gasteiger partial charge is 0.271 e. The number of aliphatic hydroxyl groups is 1. The standard InChI is InChI=1S/C10H14ClN3O2/c1-2-7(3-4-15)14-10(16)8-5-13-9(11)6-12-8/h5-7,15H,2-4H2,1H3,(H,14,16). The molecule has 2 N–H and O–H groups in total. The van der Waals surface area contributed by atoms with Gasteiger partial charge in [0.15, 0.2) is 0 Å². The number of carbonyl (C=O) groups excluding carboxylic acids is 1. The summed E-state index contributed by atoms with van der Waals surface area (Å²) in [7, 11) is 0. The van der Waals surface area contributed by atoms with Crippen LogP contribution in [0.3, 0.4) is 0 Å². The third kappa shape index (κ3) is 3.75. The van der Waals surface area contributed by atoms with Gasteiger partial charge in [0.25, 0.3) is 5.91 Å². The van der Waals surface area contributed by atoms with Gasteiger partial charge in [0.2, 0.25) is 0 Å². The molecule has 0 saturated carbocycles. The molecule has 0 bridgehead atoms. The van der Waals surface area contributed by atoms with Gasteiger partial charge in [-0.05, 0) is 12.8 Å². The number of halogens is 1. The summed E-state index contributed by atoms with van der Waals surface area (Å²) >= 11 is 5.56. The second kappa shape index (κ2) is 6.40. The highest BCUT2D eigenvalue weighted by atomic mass is 35.5. The highest BCUT2D eigenvalue weighted by molar-refractivity contribution is 6.29. The van der Waals surface area contributed by atoms with E-state index in [1.165, 1.54) is 12.4 Å². The van der Waals surface area contributed by atoms with E-state index in [9.17, 15) is 4.79 Å². The van der Waals surface area contributed by atoms with Crippen molar-refractivity contribution < 1.29 is 9.90 Å². The van der Waals surface area contributed by atoms with Gasteiger partial charge in [0.1, 0.15) is 10.8 Å². The molecule has 0 fully saturated rings. The van der Waals surface area contributed by atoms with Crippen LogP contribution < -0.4 is 5.32 Å². The van der Waals surface area contributed by atoms with E-state index < -0.39 is 0 Å². The molecule has 1 aromatic heterocycles. The monoisotopic (exact) mass is 243 g/mol. The van der Waals surface area contributed by atoms with Gasteiger partial charge in [-0.3, -0.25) is 4.79 Å². The second-order valence-corrected chi connectivity index (χ2v) is 3.70. The number of carbonyl (C=O) groups is 1. The predicted molar refractivity (Wildman–Crippen MR) is 60.3 cm³/mol. The van der Waals surface area contributed by atoms with E-state index in [2.05, 4.69) is 15.3 Å². The molecule has 1 atom stereocenters. The number of nitrogens with zero attached hydrogens (tertiary/aromatic N) is 2. The Bertz CT molecular complexity index is 342. The minimum Gasteiger partial charge on any atom is -0.396 e. The van der Waals surface area contributed by atoms with Crippen molar-refractivity contribution in [3.8, 4) is 0 Å². The molecule has 5 nitrogen and oxygen atoms in total. The lowest BCUT2D eigenvalue weighted by Crippen LogP contribution is -2.35. The lowest BCUT2D eigenvalue weighted by atomic mass is 10.1. The number of hydrogen-bond acceptors (Lipinski definition) is 4. The summed E-state index contributed by atoms with van der Waals surface area (Å²) in [5.74, 6) is -0.301. The molecular weight excluding hydrogens is 230 g/mol. The Morgan fingerprint density at radius 3 is 2.81 bits per heavy atom. The molecule has 0 saturated heterocycles. The predicted octanol–water partition coefficient (Wildman–Crippen LogP) is 1.02. The molecule has 6 heteroatoms. The lowest BCUT2D eigenvalue weighted by Gasteiger charge is -2.14. The maximum atomic E-state index is 11.7. The van der Waals surface area contributed by atoms with Crippen LogP contribution in [0.25, 0.3) is 0 Å². The van der Waals surface area contributed by atoms with E-state index in [-0.39, 0.29) is 29.4 Å². The fourth-order valence-corrected chi connectivity index (χ4v) is 1.32. The largest absolute Gasteiger partial charge is 0.396 e. The molecule has 1 rings (SSSR count). The number of amides is 1. The number of nitrogens with one attached hydrogen (secondary N) is 1. The highest BCUT2D eigenvalue weighted by Gasteiger charge is 2.12. The Morgan fingerprint density at radius 2 is 2.31 bits per heavy atom. The van der Waals surface area contributed by atoms with E-state index >= 15 is 0 Å². The van der Waals surface area contributed by atoms with Gasteiger partial charge in [-0.2, -0.15) is 0 Å². The zero-order valence-corrected chi connectivity index (χ0v) is 9.74. The SMILES string of the molecule is CCC(CCO)NC(=O)c1cnc(Cl)cn1. The van der Waals surface area contributed by atoms with Crippen molar-refractivity contribution in [1.29, 1.82) is 0 Å². The van der Waals surface area contributed by atoms with Crippen molar-refractivity contribution in [1.82, 2.24) is 15.3 Å². The third-order valence-electron chi connectivity index (χ3n) is 2.16. The second-order valence-electron chi connectivity index (χ2n) is 3.32. The van der Waals surface area contributed by atoms with E-state index in [0.29, 0.717) is 6.42 Å². The maximum Gasteiger partial charge on any atom is 0.271 e. The van der Waals surface area contributed by atoms with Gasteiger partial charge in [-0.1, -0.05) is 18.5 Å². The molecule has 16 heavy (non-hydrogen) atoms. The Hall–Kier alpha value is -1.20. The van der Waals surface area contributed by atoms with E-state index in [1.807, 2.05) is 6.92 Å². The number of aromatic nitrogens is 2. The first-order chi connectivity index (χ1) is 7.67. The minimum absolute atomic E-state index is 0.0463. The summed E-state index contributed by atoms with van der Waals surface area (Å²) < 4.78 is 0. The van der Waals surface area contributed by atoms with Crippen molar-refractivity contribution >= 4 is 17.5 Å². The average Bonchev–Trinajstić information content (AvgIpc) is 2.29. The molecule has 88 valence electrons. The van der Waals surface area contributed by atoms with Crippen LogP contribution in [-0.2, 0) is 0 Å². The van der Waals surface area contributed by atoms with Gasteiger partial charge in [0, 0.05) is 12.6 Å². The van der Waals surface area contributed by atoms with Crippen LogP contribution in [0, 0.1) is 0 Å². The van der Waals surface area contributed by atoms with Crippen LogP contribution in [-0.4, -0.2) is 33.6 Å². The first-order valence-electron chi connectivity index (χ1n) is 5.06. The van der Waals surface area contributed by atoms with Crippen LogP contribution in [0.5, 0.6) is 0 Å². The van der Waals surface area contributed by atoms with E-state index in [1.54, 1.807) is 0 Å². The highest BCUT2D eigenvalue weighted by Crippen LogP contribution is 2.03.